The molecule has 4 nitrogen and oxygen atoms in total. The van der Waals surface area contributed by atoms with Gasteiger partial charge in [0, 0.05) is 32.8 Å². The van der Waals surface area contributed by atoms with E-state index in [1.807, 2.05) is 0 Å². The van der Waals surface area contributed by atoms with Gasteiger partial charge in [-0.2, -0.15) is 0 Å². The Balaban J connectivity index is 0.00000180. The number of aliphatic imine (C=N–C) groups is 1. The fraction of sp³-hybridized carbons (Fsp3) is 0.929. The van der Waals surface area contributed by atoms with Crippen LogP contribution < -0.4 is 10.6 Å². The average Bonchev–Trinajstić information content (AvgIpc) is 3.25. The minimum atomic E-state index is 0. The molecule has 0 aromatic heterocycles. The topological polar surface area (TPSA) is 45.7 Å². The van der Waals surface area contributed by atoms with Crippen LogP contribution in [0, 0.1) is 11.8 Å². The van der Waals surface area contributed by atoms with Crippen molar-refractivity contribution in [2.45, 2.75) is 39.0 Å². The maximum atomic E-state index is 5.61. The zero-order valence-electron chi connectivity index (χ0n) is 12.0. The molecule has 2 fully saturated rings. The first-order valence-electron chi connectivity index (χ1n) is 7.48. The number of hydrogen-bond donors (Lipinski definition) is 2. The second-order valence-corrected chi connectivity index (χ2v) is 5.46. The Kier molecular flexibility index (Phi) is 8.77. The van der Waals surface area contributed by atoms with E-state index in [4.69, 9.17) is 4.74 Å². The van der Waals surface area contributed by atoms with Crippen molar-refractivity contribution < 1.29 is 4.74 Å². The molecule has 0 amide bonds. The molecule has 2 N–H and O–H groups in total. The molecule has 0 atom stereocenters. The van der Waals surface area contributed by atoms with Crippen molar-refractivity contribution in [2.75, 3.05) is 32.8 Å². The minimum Gasteiger partial charge on any atom is -0.381 e. The lowest BCUT2D eigenvalue weighted by Crippen LogP contribution is -2.38. The van der Waals surface area contributed by atoms with Crippen LogP contribution in [0.3, 0.4) is 0 Å². The molecular weight excluding hydrogens is 353 g/mol. The summed E-state index contributed by atoms with van der Waals surface area (Å²) >= 11 is 0. The van der Waals surface area contributed by atoms with Gasteiger partial charge in [-0.25, -0.2) is 0 Å². The first-order chi connectivity index (χ1) is 8.88. The summed E-state index contributed by atoms with van der Waals surface area (Å²) < 4.78 is 5.61. The van der Waals surface area contributed by atoms with E-state index in [1.165, 1.54) is 25.7 Å². The van der Waals surface area contributed by atoms with Crippen molar-refractivity contribution in [1.29, 1.82) is 0 Å². The molecule has 0 aromatic rings. The highest BCUT2D eigenvalue weighted by molar-refractivity contribution is 14.0. The SMILES string of the molecule is CCNC(=NCC1CC1)NCCCOCC1CC1.I. The first kappa shape index (κ1) is 17.0. The average molecular weight is 381 g/mol. The number of nitrogens with zero attached hydrogens (tertiary/aromatic N) is 1. The molecular formula is C14H28IN3O. The molecule has 2 aliphatic rings. The van der Waals surface area contributed by atoms with Gasteiger partial charge in [0.1, 0.15) is 0 Å². The summed E-state index contributed by atoms with van der Waals surface area (Å²) in [5.74, 6) is 2.68. The number of nitrogens with one attached hydrogen (secondary N) is 2. The largest absolute Gasteiger partial charge is 0.381 e. The molecule has 112 valence electrons. The number of hydrogen-bond acceptors (Lipinski definition) is 2. The summed E-state index contributed by atoms with van der Waals surface area (Å²) in [5.41, 5.74) is 0. The molecule has 0 aliphatic heterocycles. The van der Waals surface area contributed by atoms with E-state index in [0.29, 0.717) is 0 Å². The molecule has 2 saturated carbocycles. The second kappa shape index (κ2) is 9.80. The lowest BCUT2D eigenvalue weighted by atomic mass is 10.4. The summed E-state index contributed by atoms with van der Waals surface area (Å²) in [6, 6.07) is 0. The predicted molar refractivity (Wildman–Crippen MR) is 90.3 cm³/mol. The van der Waals surface area contributed by atoms with Gasteiger partial charge < -0.3 is 15.4 Å². The number of halogens is 1. The smallest absolute Gasteiger partial charge is 0.191 e. The van der Waals surface area contributed by atoms with E-state index in [9.17, 15) is 0 Å². The Hall–Kier alpha value is -0.0400. The maximum absolute atomic E-state index is 5.61. The predicted octanol–water partition coefficient (Wildman–Crippen LogP) is 2.39. The van der Waals surface area contributed by atoms with Crippen LogP contribution in [0.15, 0.2) is 4.99 Å². The molecule has 19 heavy (non-hydrogen) atoms. The molecule has 5 heteroatoms. The van der Waals surface area contributed by atoms with Crippen LogP contribution >= 0.6 is 24.0 Å². The number of guanidine groups is 1. The van der Waals surface area contributed by atoms with Crippen molar-refractivity contribution in [3.05, 3.63) is 0 Å². The van der Waals surface area contributed by atoms with Crippen LogP contribution in [0.4, 0.5) is 0 Å². The van der Waals surface area contributed by atoms with Gasteiger partial charge in [-0.05, 0) is 50.9 Å². The van der Waals surface area contributed by atoms with Crippen molar-refractivity contribution in [3.63, 3.8) is 0 Å². The Bertz CT molecular complexity index is 265. The minimum absolute atomic E-state index is 0. The summed E-state index contributed by atoms with van der Waals surface area (Å²) in [4.78, 5) is 4.59. The first-order valence-corrected chi connectivity index (χ1v) is 7.48. The van der Waals surface area contributed by atoms with Crippen molar-refractivity contribution in [1.82, 2.24) is 10.6 Å². The molecule has 0 spiro atoms. The third-order valence-electron chi connectivity index (χ3n) is 3.36. The zero-order valence-corrected chi connectivity index (χ0v) is 14.3. The van der Waals surface area contributed by atoms with E-state index in [2.05, 4.69) is 22.5 Å². The van der Waals surface area contributed by atoms with Crippen LogP contribution in [0.25, 0.3) is 0 Å². The molecule has 0 bridgehead atoms. The lowest BCUT2D eigenvalue weighted by Gasteiger charge is -2.11. The molecule has 0 aromatic carbocycles. The molecule has 2 aliphatic carbocycles. The van der Waals surface area contributed by atoms with Gasteiger partial charge in [-0.1, -0.05) is 0 Å². The van der Waals surface area contributed by atoms with Crippen LogP contribution in [0.1, 0.15) is 39.0 Å². The molecule has 0 heterocycles. The lowest BCUT2D eigenvalue weighted by molar-refractivity contribution is 0.123. The van der Waals surface area contributed by atoms with Gasteiger partial charge >= 0.3 is 0 Å². The quantitative estimate of drug-likeness (QED) is 0.279. The Labute approximate surface area is 134 Å². The van der Waals surface area contributed by atoms with E-state index >= 15 is 0 Å². The highest BCUT2D eigenvalue weighted by Gasteiger charge is 2.21. The van der Waals surface area contributed by atoms with E-state index in [-0.39, 0.29) is 24.0 Å². The standard InChI is InChI=1S/C14H27N3O.HI/c1-2-15-14(17-10-12-4-5-12)16-8-3-9-18-11-13-6-7-13;/h12-13H,2-11H2,1H3,(H2,15,16,17);1H. The van der Waals surface area contributed by atoms with Gasteiger partial charge in [0.2, 0.25) is 0 Å². The normalized spacial score (nSPS) is 18.9. The van der Waals surface area contributed by atoms with E-state index in [0.717, 1.165) is 57.1 Å². The molecule has 0 radical (unpaired) electrons. The molecule has 0 unspecified atom stereocenters. The number of rotatable bonds is 9. The highest BCUT2D eigenvalue weighted by Crippen LogP contribution is 2.29. The molecule has 0 saturated heterocycles. The third-order valence-corrected chi connectivity index (χ3v) is 3.36. The van der Waals surface area contributed by atoms with Crippen LogP contribution in [0.5, 0.6) is 0 Å². The van der Waals surface area contributed by atoms with Gasteiger partial charge in [0.05, 0.1) is 0 Å². The molecule has 2 rings (SSSR count). The highest BCUT2D eigenvalue weighted by atomic mass is 127. The zero-order chi connectivity index (χ0) is 12.6. The Morgan fingerprint density at radius 1 is 1.16 bits per heavy atom. The van der Waals surface area contributed by atoms with Gasteiger partial charge in [-0.3, -0.25) is 4.99 Å². The fourth-order valence-corrected chi connectivity index (χ4v) is 1.78. The third kappa shape index (κ3) is 8.68. The fourth-order valence-electron chi connectivity index (χ4n) is 1.78. The van der Waals surface area contributed by atoms with Crippen molar-refractivity contribution in [3.8, 4) is 0 Å². The van der Waals surface area contributed by atoms with Crippen LogP contribution in [0.2, 0.25) is 0 Å². The van der Waals surface area contributed by atoms with Crippen LogP contribution in [-0.4, -0.2) is 38.8 Å². The van der Waals surface area contributed by atoms with Gasteiger partial charge in [0.15, 0.2) is 5.96 Å². The van der Waals surface area contributed by atoms with Gasteiger partial charge in [0.25, 0.3) is 0 Å². The summed E-state index contributed by atoms with van der Waals surface area (Å²) in [5, 5.41) is 6.65. The van der Waals surface area contributed by atoms with E-state index in [1.54, 1.807) is 0 Å². The summed E-state index contributed by atoms with van der Waals surface area (Å²) in [6.07, 6.45) is 6.52. The van der Waals surface area contributed by atoms with Crippen LogP contribution in [-0.2, 0) is 4.74 Å². The Morgan fingerprint density at radius 2 is 1.89 bits per heavy atom. The Morgan fingerprint density at radius 3 is 2.53 bits per heavy atom. The monoisotopic (exact) mass is 381 g/mol. The summed E-state index contributed by atoms with van der Waals surface area (Å²) in [6.45, 7) is 6.79. The van der Waals surface area contributed by atoms with Crippen molar-refractivity contribution >= 4 is 29.9 Å². The van der Waals surface area contributed by atoms with Gasteiger partial charge in [-0.15, -0.1) is 24.0 Å². The summed E-state index contributed by atoms with van der Waals surface area (Å²) in [7, 11) is 0. The second-order valence-electron chi connectivity index (χ2n) is 5.46. The number of ether oxygens (including phenoxy) is 1. The maximum Gasteiger partial charge on any atom is 0.191 e. The van der Waals surface area contributed by atoms with Crippen molar-refractivity contribution in [2.24, 2.45) is 16.8 Å². The van der Waals surface area contributed by atoms with E-state index < -0.39 is 0 Å².